The predicted molar refractivity (Wildman–Crippen MR) is 62.5 cm³/mol. The van der Waals surface area contributed by atoms with E-state index in [1.165, 1.54) is 5.56 Å². The van der Waals surface area contributed by atoms with Crippen molar-refractivity contribution in [2.45, 2.75) is 13.5 Å². The van der Waals surface area contributed by atoms with Gasteiger partial charge in [-0.2, -0.15) is 0 Å². The van der Waals surface area contributed by atoms with Crippen LogP contribution in [0.15, 0.2) is 30.5 Å². The standard InChI is InChI=1S/C11H10Cl2N2/c1-8-14-11(13)7-15(8)6-9-2-4-10(12)5-3-9/h2-5,7H,6H2,1H3. The number of aryl methyl sites for hydroxylation is 1. The van der Waals surface area contributed by atoms with E-state index in [0.29, 0.717) is 5.15 Å². The molecule has 0 spiro atoms. The molecule has 2 rings (SSSR count). The van der Waals surface area contributed by atoms with Gasteiger partial charge in [0.25, 0.3) is 0 Å². The average molecular weight is 241 g/mol. The molecule has 2 aromatic rings. The maximum atomic E-state index is 5.81. The molecule has 0 aliphatic rings. The number of nitrogens with zero attached hydrogens (tertiary/aromatic N) is 2. The summed E-state index contributed by atoms with van der Waals surface area (Å²) in [7, 11) is 0. The minimum Gasteiger partial charge on any atom is -0.329 e. The van der Waals surface area contributed by atoms with E-state index in [2.05, 4.69) is 4.98 Å². The Balaban J connectivity index is 2.21. The second-order valence-corrected chi connectivity index (χ2v) is 4.19. The second-order valence-electron chi connectivity index (χ2n) is 3.37. The van der Waals surface area contributed by atoms with Gasteiger partial charge in [-0.05, 0) is 24.6 Å². The largest absolute Gasteiger partial charge is 0.329 e. The maximum Gasteiger partial charge on any atom is 0.147 e. The molecule has 0 aliphatic carbocycles. The summed E-state index contributed by atoms with van der Waals surface area (Å²) < 4.78 is 2.01. The van der Waals surface area contributed by atoms with Crippen LogP contribution in [-0.2, 0) is 6.54 Å². The summed E-state index contributed by atoms with van der Waals surface area (Å²) >= 11 is 11.6. The highest BCUT2D eigenvalue weighted by Gasteiger charge is 2.02. The van der Waals surface area contributed by atoms with E-state index in [1.54, 1.807) is 0 Å². The molecule has 1 aromatic carbocycles. The number of imidazole rings is 1. The van der Waals surface area contributed by atoms with E-state index in [9.17, 15) is 0 Å². The summed E-state index contributed by atoms with van der Waals surface area (Å²) in [5.74, 6) is 0.912. The van der Waals surface area contributed by atoms with E-state index in [4.69, 9.17) is 23.2 Å². The van der Waals surface area contributed by atoms with Crippen LogP contribution in [0.1, 0.15) is 11.4 Å². The van der Waals surface area contributed by atoms with Crippen LogP contribution in [0.3, 0.4) is 0 Å². The highest BCUT2D eigenvalue weighted by atomic mass is 35.5. The van der Waals surface area contributed by atoms with Crippen LogP contribution in [0.25, 0.3) is 0 Å². The minimum atomic E-state index is 0.529. The molecular weight excluding hydrogens is 231 g/mol. The van der Waals surface area contributed by atoms with Crippen molar-refractivity contribution < 1.29 is 0 Å². The van der Waals surface area contributed by atoms with Gasteiger partial charge in [0, 0.05) is 17.8 Å². The van der Waals surface area contributed by atoms with Crippen molar-refractivity contribution in [3.8, 4) is 0 Å². The number of hydrogen-bond donors (Lipinski definition) is 0. The van der Waals surface area contributed by atoms with Crippen LogP contribution in [0.4, 0.5) is 0 Å². The molecule has 0 radical (unpaired) electrons. The van der Waals surface area contributed by atoms with E-state index >= 15 is 0 Å². The third-order valence-electron chi connectivity index (χ3n) is 2.21. The third-order valence-corrected chi connectivity index (χ3v) is 2.65. The number of rotatable bonds is 2. The first-order valence-corrected chi connectivity index (χ1v) is 5.34. The fraction of sp³-hybridized carbons (Fsp3) is 0.182. The average Bonchev–Trinajstić information content (AvgIpc) is 2.49. The zero-order valence-electron chi connectivity index (χ0n) is 8.24. The minimum absolute atomic E-state index is 0.529. The summed E-state index contributed by atoms with van der Waals surface area (Å²) in [6, 6.07) is 7.75. The number of aromatic nitrogens is 2. The highest BCUT2D eigenvalue weighted by molar-refractivity contribution is 6.30. The van der Waals surface area contributed by atoms with Gasteiger partial charge in [0.05, 0.1) is 0 Å². The molecule has 0 aliphatic heterocycles. The van der Waals surface area contributed by atoms with Crippen LogP contribution in [-0.4, -0.2) is 9.55 Å². The van der Waals surface area contributed by atoms with Gasteiger partial charge in [-0.25, -0.2) is 4.98 Å². The lowest BCUT2D eigenvalue weighted by Crippen LogP contribution is -2.00. The normalized spacial score (nSPS) is 10.6. The lowest BCUT2D eigenvalue weighted by molar-refractivity contribution is 0.762. The molecule has 0 unspecified atom stereocenters. The molecular formula is C11H10Cl2N2. The molecule has 0 N–H and O–H groups in total. The molecule has 1 aromatic heterocycles. The Morgan fingerprint density at radius 1 is 1.20 bits per heavy atom. The number of benzene rings is 1. The van der Waals surface area contributed by atoms with E-state index in [1.807, 2.05) is 42.0 Å². The molecule has 0 fully saturated rings. The van der Waals surface area contributed by atoms with Crippen molar-refractivity contribution in [2.24, 2.45) is 0 Å². The van der Waals surface area contributed by atoms with Gasteiger partial charge in [-0.1, -0.05) is 35.3 Å². The van der Waals surface area contributed by atoms with E-state index < -0.39 is 0 Å². The molecule has 0 saturated heterocycles. The van der Waals surface area contributed by atoms with Gasteiger partial charge < -0.3 is 4.57 Å². The maximum absolute atomic E-state index is 5.81. The van der Waals surface area contributed by atoms with Gasteiger partial charge >= 0.3 is 0 Å². The van der Waals surface area contributed by atoms with Crippen molar-refractivity contribution in [1.82, 2.24) is 9.55 Å². The Morgan fingerprint density at radius 3 is 2.40 bits per heavy atom. The van der Waals surface area contributed by atoms with Gasteiger partial charge in [-0.3, -0.25) is 0 Å². The predicted octanol–water partition coefficient (Wildman–Crippen LogP) is 3.55. The SMILES string of the molecule is Cc1nc(Cl)cn1Cc1ccc(Cl)cc1. The first-order valence-electron chi connectivity index (χ1n) is 4.59. The number of halogens is 2. The summed E-state index contributed by atoms with van der Waals surface area (Å²) in [4.78, 5) is 4.13. The van der Waals surface area contributed by atoms with Gasteiger partial charge in [0.15, 0.2) is 0 Å². The Hall–Kier alpha value is -0.990. The van der Waals surface area contributed by atoms with E-state index in [0.717, 1.165) is 17.4 Å². The van der Waals surface area contributed by atoms with Crippen LogP contribution in [0.2, 0.25) is 10.2 Å². The Morgan fingerprint density at radius 2 is 1.87 bits per heavy atom. The van der Waals surface area contributed by atoms with E-state index in [-0.39, 0.29) is 0 Å². The number of hydrogen-bond acceptors (Lipinski definition) is 1. The van der Waals surface area contributed by atoms with Crippen molar-refractivity contribution in [3.63, 3.8) is 0 Å². The van der Waals surface area contributed by atoms with Crippen LogP contribution < -0.4 is 0 Å². The van der Waals surface area contributed by atoms with Gasteiger partial charge in [0.1, 0.15) is 11.0 Å². The molecule has 0 bridgehead atoms. The van der Waals surface area contributed by atoms with Crippen molar-refractivity contribution in [3.05, 3.63) is 52.0 Å². The van der Waals surface area contributed by atoms with Crippen LogP contribution in [0, 0.1) is 6.92 Å². The third kappa shape index (κ3) is 2.52. The quantitative estimate of drug-likeness (QED) is 0.786. The molecule has 15 heavy (non-hydrogen) atoms. The van der Waals surface area contributed by atoms with Crippen molar-refractivity contribution >= 4 is 23.2 Å². The first kappa shape index (κ1) is 10.5. The summed E-state index contributed by atoms with van der Waals surface area (Å²) in [6.07, 6.45) is 1.82. The Bertz CT molecular complexity index is 460. The zero-order valence-corrected chi connectivity index (χ0v) is 9.76. The molecule has 0 atom stereocenters. The summed E-state index contributed by atoms with van der Waals surface area (Å²) in [5, 5.41) is 1.28. The molecule has 1 heterocycles. The van der Waals surface area contributed by atoms with Crippen LogP contribution >= 0.6 is 23.2 Å². The lowest BCUT2D eigenvalue weighted by atomic mass is 10.2. The molecule has 78 valence electrons. The monoisotopic (exact) mass is 240 g/mol. The fourth-order valence-electron chi connectivity index (χ4n) is 1.42. The molecule has 4 heteroatoms. The second kappa shape index (κ2) is 4.25. The zero-order chi connectivity index (χ0) is 10.8. The summed E-state index contributed by atoms with van der Waals surface area (Å²) in [5.41, 5.74) is 1.18. The topological polar surface area (TPSA) is 17.8 Å². The van der Waals surface area contributed by atoms with Crippen molar-refractivity contribution in [1.29, 1.82) is 0 Å². The van der Waals surface area contributed by atoms with Gasteiger partial charge in [-0.15, -0.1) is 0 Å². The first-order chi connectivity index (χ1) is 7.15. The molecule has 2 nitrogen and oxygen atoms in total. The fourth-order valence-corrected chi connectivity index (χ4v) is 1.78. The lowest BCUT2D eigenvalue weighted by Gasteiger charge is -2.04. The van der Waals surface area contributed by atoms with Gasteiger partial charge in [0.2, 0.25) is 0 Å². The molecule has 0 amide bonds. The Kier molecular flexibility index (Phi) is 2.98. The van der Waals surface area contributed by atoms with Crippen LogP contribution in [0.5, 0.6) is 0 Å². The summed E-state index contributed by atoms with van der Waals surface area (Å²) in [6.45, 7) is 2.70. The smallest absolute Gasteiger partial charge is 0.147 e. The molecule has 0 saturated carbocycles. The van der Waals surface area contributed by atoms with Crippen molar-refractivity contribution in [2.75, 3.05) is 0 Å². The Labute approximate surface area is 98.5 Å². The highest BCUT2D eigenvalue weighted by Crippen LogP contribution is 2.13.